The van der Waals surface area contributed by atoms with Crippen molar-refractivity contribution in [1.29, 1.82) is 0 Å². The molecular formula is C21H22N2O5. The maximum absolute atomic E-state index is 12.7. The molecular weight excluding hydrogens is 360 g/mol. The van der Waals surface area contributed by atoms with Crippen LogP contribution < -0.4 is 14.8 Å². The van der Waals surface area contributed by atoms with Crippen LogP contribution in [0.5, 0.6) is 11.5 Å². The molecule has 1 unspecified atom stereocenters. The monoisotopic (exact) mass is 382 g/mol. The molecule has 2 amide bonds. The number of piperidine rings is 1. The van der Waals surface area contributed by atoms with Gasteiger partial charge in [-0.05, 0) is 49.8 Å². The Balaban J connectivity index is 1.19. The summed E-state index contributed by atoms with van der Waals surface area (Å²) in [6.07, 6.45) is 4.14. The smallest absolute Gasteiger partial charge is 0.257 e. The first-order valence-electron chi connectivity index (χ1n) is 9.60. The fraction of sp³-hybridized carbons (Fsp3) is 0.429. The number of furan rings is 1. The zero-order valence-electron chi connectivity index (χ0n) is 15.7. The van der Waals surface area contributed by atoms with Crippen molar-refractivity contribution in [2.75, 3.05) is 25.2 Å². The molecule has 1 saturated carbocycles. The van der Waals surface area contributed by atoms with Crippen LogP contribution in [0.1, 0.15) is 35.4 Å². The first-order valence-corrected chi connectivity index (χ1v) is 9.60. The maximum Gasteiger partial charge on any atom is 0.257 e. The molecule has 1 spiro atoms. The average molecular weight is 382 g/mol. The number of amides is 2. The molecule has 1 saturated heterocycles. The van der Waals surface area contributed by atoms with Gasteiger partial charge in [0.05, 0.1) is 11.8 Å². The molecule has 7 nitrogen and oxygen atoms in total. The summed E-state index contributed by atoms with van der Waals surface area (Å²) in [5.41, 5.74) is 1.38. The first kappa shape index (κ1) is 17.2. The van der Waals surface area contributed by atoms with E-state index in [2.05, 4.69) is 5.32 Å². The van der Waals surface area contributed by atoms with Crippen molar-refractivity contribution >= 4 is 17.5 Å². The van der Waals surface area contributed by atoms with E-state index in [1.807, 2.05) is 17.0 Å². The van der Waals surface area contributed by atoms with Gasteiger partial charge in [0, 0.05) is 30.8 Å². The lowest BCUT2D eigenvalue weighted by molar-refractivity contribution is -0.118. The number of carbonyl (C=O) groups is 2. The average Bonchev–Trinajstić information content (AvgIpc) is 3.03. The molecule has 1 aromatic heterocycles. The molecule has 1 N–H and O–H groups in total. The number of nitrogens with zero attached hydrogens (tertiary/aromatic N) is 1. The lowest BCUT2D eigenvalue weighted by atomic mass is 9.90. The predicted molar refractivity (Wildman–Crippen MR) is 100 cm³/mol. The molecule has 0 bridgehead atoms. The molecule has 28 heavy (non-hydrogen) atoms. The molecule has 0 radical (unpaired) electrons. The van der Waals surface area contributed by atoms with Crippen LogP contribution >= 0.6 is 0 Å². The normalized spacial score (nSPS) is 21.6. The lowest BCUT2D eigenvalue weighted by Gasteiger charge is -2.32. The van der Waals surface area contributed by atoms with E-state index in [0.29, 0.717) is 35.9 Å². The molecule has 146 valence electrons. The SMILES string of the molecule is Cc1occc1C(=O)N1CCC2(CC1)CC2C(=O)Nc1ccc2c(c1)OCO2. The number of ether oxygens (including phenoxy) is 2. The van der Waals surface area contributed by atoms with Crippen molar-refractivity contribution in [2.24, 2.45) is 11.3 Å². The van der Waals surface area contributed by atoms with Crippen LogP contribution in [0.4, 0.5) is 5.69 Å². The number of hydrogen-bond acceptors (Lipinski definition) is 5. The number of nitrogens with one attached hydrogen (secondary N) is 1. The van der Waals surface area contributed by atoms with Crippen LogP contribution in [0.3, 0.4) is 0 Å². The van der Waals surface area contributed by atoms with Gasteiger partial charge in [0.1, 0.15) is 5.76 Å². The van der Waals surface area contributed by atoms with Crippen LogP contribution in [-0.2, 0) is 4.79 Å². The van der Waals surface area contributed by atoms with Crippen molar-refractivity contribution < 1.29 is 23.5 Å². The van der Waals surface area contributed by atoms with Gasteiger partial charge in [-0.15, -0.1) is 0 Å². The van der Waals surface area contributed by atoms with E-state index in [0.717, 1.165) is 24.9 Å². The number of likely N-dealkylation sites (tertiary alicyclic amines) is 1. The minimum Gasteiger partial charge on any atom is -0.469 e. The van der Waals surface area contributed by atoms with Crippen LogP contribution in [0, 0.1) is 18.3 Å². The molecule has 5 rings (SSSR count). The number of carbonyl (C=O) groups excluding carboxylic acids is 2. The van der Waals surface area contributed by atoms with Gasteiger partial charge in [0.15, 0.2) is 11.5 Å². The summed E-state index contributed by atoms with van der Waals surface area (Å²) in [6.45, 7) is 3.37. The topological polar surface area (TPSA) is 81.0 Å². The Kier molecular flexibility index (Phi) is 3.86. The Bertz CT molecular complexity index is 942. The molecule has 1 aromatic carbocycles. The number of hydrogen-bond donors (Lipinski definition) is 1. The number of aryl methyl sites for hydroxylation is 1. The maximum atomic E-state index is 12.7. The van der Waals surface area contributed by atoms with E-state index in [-0.39, 0.29) is 29.9 Å². The van der Waals surface area contributed by atoms with Gasteiger partial charge >= 0.3 is 0 Å². The van der Waals surface area contributed by atoms with Crippen LogP contribution in [0.2, 0.25) is 0 Å². The van der Waals surface area contributed by atoms with Crippen LogP contribution in [0.15, 0.2) is 34.9 Å². The van der Waals surface area contributed by atoms with Crippen molar-refractivity contribution in [3.63, 3.8) is 0 Å². The largest absolute Gasteiger partial charge is 0.469 e. The van der Waals surface area contributed by atoms with Gasteiger partial charge in [-0.1, -0.05) is 0 Å². The third-order valence-electron chi connectivity index (χ3n) is 6.28. The second-order valence-corrected chi connectivity index (χ2v) is 7.86. The number of rotatable bonds is 3. The van der Waals surface area contributed by atoms with E-state index in [9.17, 15) is 9.59 Å². The van der Waals surface area contributed by atoms with E-state index in [4.69, 9.17) is 13.9 Å². The molecule has 2 aliphatic heterocycles. The fourth-order valence-corrected chi connectivity index (χ4v) is 4.41. The summed E-state index contributed by atoms with van der Waals surface area (Å²) in [4.78, 5) is 27.2. The number of benzene rings is 1. The van der Waals surface area contributed by atoms with Crippen molar-refractivity contribution in [3.8, 4) is 11.5 Å². The zero-order chi connectivity index (χ0) is 19.3. The Morgan fingerprint density at radius 3 is 2.68 bits per heavy atom. The summed E-state index contributed by atoms with van der Waals surface area (Å²) in [5.74, 6) is 2.08. The quantitative estimate of drug-likeness (QED) is 0.882. The third kappa shape index (κ3) is 2.82. The van der Waals surface area contributed by atoms with Gasteiger partial charge in [-0.25, -0.2) is 0 Å². The zero-order valence-corrected chi connectivity index (χ0v) is 15.7. The highest BCUT2D eigenvalue weighted by atomic mass is 16.7. The van der Waals surface area contributed by atoms with E-state index in [1.165, 1.54) is 0 Å². The Hall–Kier alpha value is -2.96. The number of anilines is 1. The molecule has 2 fully saturated rings. The Morgan fingerprint density at radius 2 is 1.93 bits per heavy atom. The van der Waals surface area contributed by atoms with E-state index < -0.39 is 0 Å². The molecule has 1 atom stereocenters. The lowest BCUT2D eigenvalue weighted by Crippen LogP contribution is -2.40. The Morgan fingerprint density at radius 1 is 1.14 bits per heavy atom. The number of fused-ring (bicyclic) bond motifs is 1. The van der Waals surface area contributed by atoms with E-state index >= 15 is 0 Å². The fourth-order valence-electron chi connectivity index (χ4n) is 4.41. The van der Waals surface area contributed by atoms with Gasteiger partial charge < -0.3 is 24.1 Å². The minimum atomic E-state index is 0.00540. The predicted octanol–water partition coefficient (Wildman–Crippen LogP) is 3.20. The second kappa shape index (κ2) is 6.29. The summed E-state index contributed by atoms with van der Waals surface area (Å²) >= 11 is 0. The van der Waals surface area contributed by atoms with Gasteiger partial charge in [0.2, 0.25) is 12.7 Å². The summed E-state index contributed by atoms with van der Waals surface area (Å²) in [5, 5.41) is 3.00. The van der Waals surface area contributed by atoms with Gasteiger partial charge in [-0.2, -0.15) is 0 Å². The van der Waals surface area contributed by atoms with Gasteiger partial charge in [0.25, 0.3) is 5.91 Å². The van der Waals surface area contributed by atoms with Crippen molar-refractivity contribution in [2.45, 2.75) is 26.2 Å². The van der Waals surface area contributed by atoms with E-state index in [1.54, 1.807) is 25.3 Å². The highest BCUT2D eigenvalue weighted by Gasteiger charge is 2.58. The van der Waals surface area contributed by atoms with Crippen molar-refractivity contribution in [1.82, 2.24) is 4.90 Å². The van der Waals surface area contributed by atoms with Crippen molar-refractivity contribution in [3.05, 3.63) is 41.9 Å². The summed E-state index contributed by atoms with van der Waals surface area (Å²) in [7, 11) is 0. The molecule has 2 aromatic rings. The molecule has 3 aliphatic rings. The first-order chi connectivity index (χ1) is 13.6. The van der Waals surface area contributed by atoms with Crippen LogP contribution in [-0.4, -0.2) is 36.6 Å². The van der Waals surface area contributed by atoms with Gasteiger partial charge in [-0.3, -0.25) is 9.59 Å². The highest BCUT2D eigenvalue weighted by molar-refractivity contribution is 5.96. The second-order valence-electron chi connectivity index (χ2n) is 7.86. The summed E-state index contributed by atoms with van der Waals surface area (Å²) in [6, 6.07) is 7.15. The molecule has 1 aliphatic carbocycles. The highest BCUT2D eigenvalue weighted by Crippen LogP contribution is 2.59. The van der Waals surface area contributed by atoms with Crippen LogP contribution in [0.25, 0.3) is 0 Å². The third-order valence-corrected chi connectivity index (χ3v) is 6.28. The molecule has 7 heteroatoms. The Labute approximate surface area is 162 Å². The molecule has 3 heterocycles. The minimum absolute atomic E-state index is 0.00540. The summed E-state index contributed by atoms with van der Waals surface area (Å²) < 4.78 is 15.9. The standard InChI is InChI=1S/C21H22N2O5/c1-13-15(4-9-26-13)20(25)23-7-5-21(6-8-23)11-16(21)19(24)22-14-2-3-17-18(10-14)28-12-27-17/h2-4,9-10,16H,5-8,11-12H2,1H3,(H,22,24).